The van der Waals surface area contributed by atoms with Crippen molar-refractivity contribution in [3.05, 3.63) is 36.0 Å². The summed E-state index contributed by atoms with van der Waals surface area (Å²) in [4.78, 5) is 4.55. The molecule has 1 aromatic carbocycles. The van der Waals surface area contributed by atoms with Gasteiger partial charge in [0.2, 0.25) is 0 Å². The molecule has 0 saturated carbocycles. The maximum absolute atomic E-state index is 8.77. The smallest absolute Gasteiger partial charge is 0.145 e. The number of hydrogen-bond acceptors (Lipinski definition) is 3. The first-order valence-corrected chi connectivity index (χ1v) is 10.4. The van der Waals surface area contributed by atoms with Crippen LogP contribution in [-0.2, 0) is 6.42 Å². The van der Waals surface area contributed by atoms with Crippen LogP contribution in [0.25, 0.3) is 10.9 Å². The van der Waals surface area contributed by atoms with Crippen LogP contribution in [0.15, 0.2) is 30.5 Å². The fourth-order valence-electron chi connectivity index (χ4n) is 3.44. The van der Waals surface area contributed by atoms with Crippen molar-refractivity contribution in [1.29, 1.82) is 0 Å². The zero-order valence-corrected chi connectivity index (χ0v) is 16.5. The second-order valence-electron chi connectivity index (χ2n) is 7.44. The van der Waals surface area contributed by atoms with Gasteiger partial charge < -0.3 is 9.84 Å². The molecule has 1 N–H and O–H groups in total. The number of aromatic nitrogens is 1. The van der Waals surface area contributed by atoms with E-state index in [2.05, 4.69) is 37.0 Å². The highest BCUT2D eigenvalue weighted by Crippen LogP contribution is 2.27. The van der Waals surface area contributed by atoms with E-state index in [9.17, 15) is 0 Å². The number of rotatable bonds is 13. The van der Waals surface area contributed by atoms with Crippen molar-refractivity contribution in [3.63, 3.8) is 0 Å². The third-order valence-corrected chi connectivity index (χ3v) is 4.79. The fourth-order valence-corrected chi connectivity index (χ4v) is 3.44. The van der Waals surface area contributed by atoms with Gasteiger partial charge in [-0.3, -0.25) is 4.98 Å². The lowest BCUT2D eigenvalue weighted by atomic mass is 10.0. The van der Waals surface area contributed by atoms with Crippen LogP contribution >= 0.6 is 0 Å². The second-order valence-corrected chi connectivity index (χ2v) is 7.44. The molecule has 26 heavy (non-hydrogen) atoms. The Labute approximate surface area is 158 Å². The topological polar surface area (TPSA) is 42.4 Å². The van der Waals surface area contributed by atoms with Gasteiger partial charge in [-0.05, 0) is 50.8 Å². The van der Waals surface area contributed by atoms with Crippen LogP contribution in [0.5, 0.6) is 5.75 Å². The molecule has 0 aliphatic rings. The van der Waals surface area contributed by atoms with E-state index in [0.717, 1.165) is 24.1 Å². The van der Waals surface area contributed by atoms with Crippen molar-refractivity contribution in [2.75, 3.05) is 6.61 Å². The molecular weight excluding hydrogens is 322 g/mol. The largest absolute Gasteiger partial charge is 0.489 e. The Morgan fingerprint density at radius 1 is 0.885 bits per heavy atom. The Balaban J connectivity index is 1.75. The molecule has 0 unspecified atom stereocenters. The lowest BCUT2D eigenvalue weighted by Gasteiger charge is -2.13. The Kier molecular flexibility index (Phi) is 9.47. The van der Waals surface area contributed by atoms with Crippen molar-refractivity contribution < 1.29 is 9.84 Å². The van der Waals surface area contributed by atoms with Crippen LogP contribution < -0.4 is 4.74 Å². The summed E-state index contributed by atoms with van der Waals surface area (Å²) in [5.41, 5.74) is 2.37. The van der Waals surface area contributed by atoms with Crippen molar-refractivity contribution in [2.24, 2.45) is 0 Å². The number of unbranched alkanes of at least 4 members (excludes halogenated alkanes) is 8. The predicted molar refractivity (Wildman–Crippen MR) is 110 cm³/mol. The van der Waals surface area contributed by atoms with Gasteiger partial charge in [0.25, 0.3) is 0 Å². The van der Waals surface area contributed by atoms with E-state index in [0.29, 0.717) is 6.61 Å². The predicted octanol–water partition coefficient (Wildman–Crippen LogP) is 6.07. The average Bonchev–Trinajstić information content (AvgIpc) is 2.63. The van der Waals surface area contributed by atoms with Gasteiger partial charge in [-0.2, -0.15) is 0 Å². The molecule has 0 spiro atoms. The van der Waals surface area contributed by atoms with Gasteiger partial charge in [-0.1, -0.05) is 57.1 Å². The number of aryl methyl sites for hydroxylation is 1. The Morgan fingerprint density at radius 2 is 1.54 bits per heavy atom. The normalized spacial score (nSPS) is 11.4. The monoisotopic (exact) mass is 357 g/mol. The maximum atomic E-state index is 8.77. The summed E-state index contributed by atoms with van der Waals surface area (Å²) in [6.07, 6.45) is 14.4. The Hall–Kier alpha value is -1.61. The minimum atomic E-state index is 0.162. The average molecular weight is 358 g/mol. The van der Waals surface area contributed by atoms with Crippen molar-refractivity contribution in [3.8, 4) is 5.75 Å². The van der Waals surface area contributed by atoms with E-state index in [1.54, 1.807) is 0 Å². The van der Waals surface area contributed by atoms with E-state index in [4.69, 9.17) is 9.84 Å². The van der Waals surface area contributed by atoms with Gasteiger partial charge in [0.1, 0.15) is 11.3 Å². The standard InChI is InChI=1S/C23H35NO2/c1-19(2)26-22-15-12-14-21-20(16-17-24-23(21)22)13-10-8-6-4-3-5-7-9-11-18-25/h12,14-17,19,25H,3-11,13,18H2,1-2H3. The van der Waals surface area contributed by atoms with Gasteiger partial charge in [-0.15, -0.1) is 0 Å². The van der Waals surface area contributed by atoms with E-state index in [1.807, 2.05) is 12.3 Å². The molecule has 0 saturated heterocycles. The molecular formula is C23H35NO2. The van der Waals surface area contributed by atoms with Gasteiger partial charge in [0, 0.05) is 18.2 Å². The van der Waals surface area contributed by atoms with Gasteiger partial charge in [-0.25, -0.2) is 0 Å². The molecule has 3 heteroatoms. The number of nitrogens with zero attached hydrogens (tertiary/aromatic N) is 1. The molecule has 0 radical (unpaired) electrons. The van der Waals surface area contributed by atoms with Gasteiger partial charge in [0.15, 0.2) is 0 Å². The van der Waals surface area contributed by atoms with Crippen LogP contribution in [-0.4, -0.2) is 22.8 Å². The van der Waals surface area contributed by atoms with Crippen LogP contribution in [0.2, 0.25) is 0 Å². The van der Waals surface area contributed by atoms with Crippen molar-refractivity contribution in [2.45, 2.75) is 84.2 Å². The number of para-hydroxylation sites is 1. The third-order valence-electron chi connectivity index (χ3n) is 4.79. The number of fused-ring (bicyclic) bond motifs is 1. The molecule has 0 fully saturated rings. The summed E-state index contributed by atoms with van der Waals surface area (Å²) >= 11 is 0. The van der Waals surface area contributed by atoms with E-state index in [-0.39, 0.29) is 6.10 Å². The number of benzene rings is 1. The second kappa shape index (κ2) is 11.9. The SMILES string of the molecule is CC(C)Oc1cccc2c(CCCCCCCCCCCO)ccnc12. The third kappa shape index (κ3) is 6.95. The molecule has 3 nitrogen and oxygen atoms in total. The van der Waals surface area contributed by atoms with Crippen LogP contribution in [0, 0.1) is 0 Å². The fraction of sp³-hybridized carbons (Fsp3) is 0.609. The maximum Gasteiger partial charge on any atom is 0.145 e. The lowest BCUT2D eigenvalue weighted by Crippen LogP contribution is -2.06. The number of aliphatic hydroxyl groups excluding tert-OH is 1. The van der Waals surface area contributed by atoms with Crippen molar-refractivity contribution in [1.82, 2.24) is 4.98 Å². The summed E-state index contributed by atoms with van der Waals surface area (Å²) in [7, 11) is 0. The molecule has 2 rings (SSSR count). The zero-order chi connectivity index (χ0) is 18.6. The Bertz CT molecular complexity index is 639. The summed E-state index contributed by atoms with van der Waals surface area (Å²) in [6.45, 7) is 4.44. The van der Waals surface area contributed by atoms with Crippen LogP contribution in [0.1, 0.15) is 77.2 Å². The van der Waals surface area contributed by atoms with E-state index in [1.165, 1.54) is 62.3 Å². The molecule has 144 valence electrons. The molecule has 0 atom stereocenters. The summed E-state index contributed by atoms with van der Waals surface area (Å²) in [5, 5.41) is 10.00. The van der Waals surface area contributed by atoms with E-state index < -0.39 is 0 Å². The number of hydrogen-bond donors (Lipinski definition) is 1. The zero-order valence-electron chi connectivity index (χ0n) is 16.5. The Morgan fingerprint density at radius 3 is 2.19 bits per heavy atom. The van der Waals surface area contributed by atoms with E-state index >= 15 is 0 Å². The minimum absolute atomic E-state index is 0.162. The quantitative estimate of drug-likeness (QED) is 0.443. The number of aliphatic hydroxyl groups is 1. The molecule has 0 bridgehead atoms. The first kappa shape index (κ1) is 20.7. The molecule has 1 heterocycles. The summed E-state index contributed by atoms with van der Waals surface area (Å²) < 4.78 is 5.91. The molecule has 1 aromatic heterocycles. The minimum Gasteiger partial charge on any atom is -0.489 e. The molecule has 0 aliphatic heterocycles. The highest BCUT2D eigenvalue weighted by molar-refractivity contribution is 5.87. The number of ether oxygens (including phenoxy) is 1. The number of pyridine rings is 1. The molecule has 0 amide bonds. The van der Waals surface area contributed by atoms with Crippen LogP contribution in [0.3, 0.4) is 0 Å². The molecule has 2 aromatic rings. The lowest BCUT2D eigenvalue weighted by molar-refractivity contribution is 0.245. The van der Waals surface area contributed by atoms with Gasteiger partial charge >= 0.3 is 0 Å². The first-order chi connectivity index (χ1) is 12.7. The summed E-state index contributed by atoms with van der Waals surface area (Å²) in [6, 6.07) is 8.40. The van der Waals surface area contributed by atoms with Gasteiger partial charge in [0.05, 0.1) is 6.10 Å². The molecule has 0 aliphatic carbocycles. The van der Waals surface area contributed by atoms with Crippen molar-refractivity contribution >= 4 is 10.9 Å². The highest BCUT2D eigenvalue weighted by Gasteiger charge is 2.08. The first-order valence-electron chi connectivity index (χ1n) is 10.4. The summed E-state index contributed by atoms with van der Waals surface area (Å²) in [5.74, 6) is 0.889. The van der Waals surface area contributed by atoms with Crippen LogP contribution in [0.4, 0.5) is 0 Å². The highest BCUT2D eigenvalue weighted by atomic mass is 16.5.